The highest BCUT2D eigenvalue weighted by Crippen LogP contribution is 2.40. The summed E-state index contributed by atoms with van der Waals surface area (Å²) >= 11 is 0. The molecule has 1 atom stereocenters. The molecule has 2 rings (SSSR count). The van der Waals surface area contributed by atoms with Crippen molar-refractivity contribution < 1.29 is 15.3 Å². The topological polar surface area (TPSA) is 32.7 Å². The van der Waals surface area contributed by atoms with Crippen LogP contribution in [0.3, 0.4) is 0 Å². The summed E-state index contributed by atoms with van der Waals surface area (Å²) in [4.78, 5) is 1.18. The van der Waals surface area contributed by atoms with Gasteiger partial charge < -0.3 is 14.7 Å². The van der Waals surface area contributed by atoms with E-state index in [0.717, 1.165) is 19.3 Å². The van der Waals surface area contributed by atoms with Crippen molar-refractivity contribution in [1.29, 1.82) is 0 Å². The monoisotopic (exact) mass is 281 g/mol. The van der Waals surface area contributed by atoms with E-state index >= 15 is 0 Å². The Kier molecular flexibility index (Phi) is 3.51. The number of hydrogen-bond donors (Lipinski definition) is 1. The fraction of sp³-hybridized carbons (Fsp3) is 0.647. The van der Waals surface area contributed by atoms with E-state index in [9.17, 15) is 5.11 Å². The first kappa shape index (κ1) is 10.6. The van der Waals surface area contributed by atoms with Gasteiger partial charge in [0.25, 0.3) is 0 Å². The van der Waals surface area contributed by atoms with Crippen LogP contribution in [0, 0.1) is 0 Å². The molecule has 1 aliphatic carbocycles. The highest BCUT2D eigenvalue weighted by molar-refractivity contribution is 5.31. The van der Waals surface area contributed by atoms with Crippen molar-refractivity contribution in [2.24, 2.45) is 0 Å². The fourth-order valence-corrected chi connectivity index (χ4v) is 2.97. The number of nitrogens with zero attached hydrogens (tertiary/aromatic N) is 1. The number of ether oxygens (including phenoxy) is 1. The summed E-state index contributed by atoms with van der Waals surface area (Å²) in [6.45, 7) is -2.36. The maximum absolute atomic E-state index is 11.3. The van der Waals surface area contributed by atoms with E-state index in [4.69, 9.17) is 10.2 Å². The maximum atomic E-state index is 11.3. The first-order chi connectivity index (χ1) is 11.1. The molecule has 0 heterocycles. The Morgan fingerprint density at radius 2 is 2.00 bits per heavy atom. The highest BCUT2D eigenvalue weighted by atomic mass is 16.5. The first-order valence-corrected chi connectivity index (χ1v) is 7.21. The normalized spacial score (nSPS) is 25.0. The predicted octanol–water partition coefficient (Wildman–Crippen LogP) is 3.04. The van der Waals surface area contributed by atoms with E-state index in [-0.39, 0.29) is 6.54 Å². The smallest absolute Gasteiger partial charge is 0.118 e. The van der Waals surface area contributed by atoms with Gasteiger partial charge in [-0.05, 0) is 44.6 Å². The average Bonchev–Trinajstić information content (AvgIpc) is 2.54. The van der Waals surface area contributed by atoms with E-state index in [0.29, 0.717) is 24.2 Å². The van der Waals surface area contributed by atoms with Crippen molar-refractivity contribution in [3.05, 3.63) is 29.8 Å². The van der Waals surface area contributed by atoms with Crippen LogP contribution in [0.5, 0.6) is 5.75 Å². The fourth-order valence-electron chi connectivity index (χ4n) is 2.97. The summed E-state index contributed by atoms with van der Waals surface area (Å²) in [5.74, 6) is -0.746. The molecule has 0 radical (unpaired) electrons. The van der Waals surface area contributed by atoms with Gasteiger partial charge in [0, 0.05) is 17.9 Å². The maximum Gasteiger partial charge on any atom is 0.118 e. The van der Waals surface area contributed by atoms with Crippen molar-refractivity contribution in [3.8, 4) is 5.75 Å². The number of likely N-dealkylation sites (N-methyl/N-ethyl adjacent to an activating group) is 1. The Morgan fingerprint density at radius 3 is 2.55 bits per heavy atom. The van der Waals surface area contributed by atoms with Crippen molar-refractivity contribution in [2.75, 3.05) is 27.7 Å². The van der Waals surface area contributed by atoms with E-state index in [1.807, 2.05) is 0 Å². The van der Waals surface area contributed by atoms with Gasteiger partial charge in [-0.25, -0.2) is 0 Å². The van der Waals surface area contributed by atoms with E-state index < -0.39 is 18.5 Å². The molecule has 1 aromatic carbocycles. The third-order valence-electron chi connectivity index (χ3n) is 4.08. The molecule has 0 spiro atoms. The van der Waals surface area contributed by atoms with Gasteiger partial charge >= 0.3 is 0 Å². The van der Waals surface area contributed by atoms with Gasteiger partial charge in [0.05, 0.1) is 12.7 Å². The number of aliphatic hydroxyl groups is 1. The van der Waals surface area contributed by atoms with Crippen LogP contribution in [-0.2, 0) is 0 Å². The lowest BCUT2D eigenvalue weighted by molar-refractivity contribution is -0.0277. The molecule has 0 aliphatic heterocycles. The van der Waals surface area contributed by atoms with Crippen LogP contribution in [-0.4, -0.2) is 43.3 Å². The third kappa shape index (κ3) is 3.53. The summed E-state index contributed by atoms with van der Waals surface area (Å²) in [5, 5.41) is 11.3. The van der Waals surface area contributed by atoms with Crippen LogP contribution in [0.25, 0.3) is 0 Å². The molecule has 3 nitrogen and oxygen atoms in total. The molecular formula is C17H27NO2. The Balaban J connectivity index is 2.43. The predicted molar refractivity (Wildman–Crippen MR) is 82.3 cm³/mol. The standard InChI is InChI=1S/C17H27NO2/c1-18(2)13-16(17(19)11-5-4-6-12-17)14-7-9-15(20-3)10-8-14/h7-10,16,19H,4-6,11-13H2,1-3H3/t16-/m1/s1/i1D3,16D. The van der Waals surface area contributed by atoms with Crippen molar-refractivity contribution in [3.63, 3.8) is 0 Å². The third-order valence-corrected chi connectivity index (χ3v) is 4.08. The molecule has 0 saturated heterocycles. The van der Waals surface area contributed by atoms with Crippen LogP contribution in [0.2, 0.25) is 0 Å². The van der Waals surface area contributed by atoms with Gasteiger partial charge in [0.2, 0.25) is 0 Å². The first-order valence-electron chi connectivity index (χ1n) is 9.21. The summed E-state index contributed by atoms with van der Waals surface area (Å²) in [6.07, 6.45) is 3.76. The SMILES string of the molecule is [2H]C([2H])([2H])N(C)C[C@]([2H])(c1ccc(OC)cc1)C1(O)CCCCC1. The molecule has 1 N–H and O–H groups in total. The van der Waals surface area contributed by atoms with Gasteiger partial charge in [-0.2, -0.15) is 0 Å². The molecular weight excluding hydrogens is 250 g/mol. The number of benzene rings is 1. The van der Waals surface area contributed by atoms with Crippen molar-refractivity contribution in [1.82, 2.24) is 4.90 Å². The van der Waals surface area contributed by atoms with Crippen molar-refractivity contribution >= 4 is 0 Å². The summed E-state index contributed by atoms with van der Waals surface area (Å²) in [6, 6.07) is 7.01. The van der Waals surface area contributed by atoms with Gasteiger partial charge in [-0.15, -0.1) is 0 Å². The summed E-state index contributed by atoms with van der Waals surface area (Å²) in [7, 11) is 3.05. The van der Waals surface area contributed by atoms with Crippen LogP contribution in [0.4, 0.5) is 0 Å². The number of methoxy groups -OCH3 is 1. The molecule has 112 valence electrons. The molecule has 20 heavy (non-hydrogen) atoms. The van der Waals surface area contributed by atoms with Crippen LogP contribution in [0.15, 0.2) is 24.3 Å². The molecule has 1 saturated carbocycles. The zero-order valence-electron chi connectivity index (χ0n) is 16.4. The largest absolute Gasteiger partial charge is 0.497 e. The second-order valence-electron chi connectivity index (χ2n) is 5.66. The molecule has 0 unspecified atom stereocenters. The van der Waals surface area contributed by atoms with E-state index in [1.54, 1.807) is 31.4 Å². The summed E-state index contributed by atoms with van der Waals surface area (Å²) < 4.78 is 37.1. The second kappa shape index (κ2) is 6.59. The molecule has 0 bridgehead atoms. The zero-order valence-corrected chi connectivity index (χ0v) is 12.4. The Morgan fingerprint density at radius 1 is 1.35 bits per heavy atom. The number of hydrogen-bond acceptors (Lipinski definition) is 3. The molecule has 1 aliphatic rings. The molecule has 1 fully saturated rings. The molecule has 1 aromatic rings. The van der Waals surface area contributed by atoms with Crippen LogP contribution in [0.1, 0.15) is 49.0 Å². The van der Waals surface area contributed by atoms with Gasteiger partial charge in [-0.3, -0.25) is 0 Å². The summed E-state index contributed by atoms with van der Waals surface area (Å²) in [5.41, 5.74) is -0.622. The minimum Gasteiger partial charge on any atom is -0.497 e. The van der Waals surface area contributed by atoms with Gasteiger partial charge in [-0.1, -0.05) is 31.4 Å². The van der Waals surface area contributed by atoms with Crippen molar-refractivity contribution in [2.45, 2.75) is 43.6 Å². The van der Waals surface area contributed by atoms with Gasteiger partial charge in [0.15, 0.2) is 0 Å². The Hall–Kier alpha value is -1.06. The average molecular weight is 281 g/mol. The Bertz CT molecular complexity index is 541. The molecule has 0 aromatic heterocycles. The Labute approximate surface area is 128 Å². The van der Waals surface area contributed by atoms with Crippen LogP contribution < -0.4 is 4.74 Å². The number of rotatable bonds is 5. The minimum absolute atomic E-state index is 0.0632. The lowest BCUT2D eigenvalue weighted by Crippen LogP contribution is -2.42. The van der Waals surface area contributed by atoms with E-state index in [1.165, 1.54) is 11.9 Å². The lowest BCUT2D eigenvalue weighted by atomic mass is 9.72. The highest BCUT2D eigenvalue weighted by Gasteiger charge is 2.38. The lowest BCUT2D eigenvalue weighted by Gasteiger charge is -2.40. The molecule has 0 amide bonds. The second-order valence-corrected chi connectivity index (χ2v) is 5.66. The minimum atomic E-state index is -2.30. The van der Waals surface area contributed by atoms with E-state index in [2.05, 4.69) is 0 Å². The quantitative estimate of drug-likeness (QED) is 0.900. The molecule has 3 heteroatoms. The zero-order chi connectivity index (χ0) is 18.0. The van der Waals surface area contributed by atoms with Gasteiger partial charge in [0.1, 0.15) is 5.75 Å². The van der Waals surface area contributed by atoms with Crippen LogP contribution >= 0.6 is 0 Å².